The first-order valence-corrected chi connectivity index (χ1v) is 6.03. The fourth-order valence-electron chi connectivity index (χ4n) is 2.06. The second kappa shape index (κ2) is 4.86. The average Bonchev–Trinajstić information content (AvgIpc) is 2.68. The molecule has 0 aliphatic heterocycles. The summed E-state index contributed by atoms with van der Waals surface area (Å²) in [7, 11) is 0. The van der Waals surface area contributed by atoms with Crippen LogP contribution in [0.5, 0.6) is 0 Å². The van der Waals surface area contributed by atoms with Gasteiger partial charge in [-0.15, -0.1) is 0 Å². The zero-order valence-electron chi connectivity index (χ0n) is 11.6. The maximum atomic E-state index is 12.4. The number of benzene rings is 1. The van der Waals surface area contributed by atoms with E-state index in [0.29, 0.717) is 11.2 Å². The molecule has 0 radical (unpaired) electrons. The van der Waals surface area contributed by atoms with Gasteiger partial charge >= 0.3 is 5.69 Å². The normalized spacial score (nSPS) is 10.6. The molecule has 108 valence electrons. The van der Waals surface area contributed by atoms with Gasteiger partial charge in [-0.3, -0.25) is 19.5 Å². The van der Waals surface area contributed by atoms with E-state index in [1.54, 1.807) is 6.92 Å². The number of aromatic nitrogens is 2. The molecule has 1 heterocycles. The van der Waals surface area contributed by atoms with E-state index in [1.807, 2.05) is 0 Å². The van der Waals surface area contributed by atoms with Crippen molar-refractivity contribution in [3.05, 3.63) is 57.5 Å². The number of imidazole rings is 1. The molecule has 0 saturated heterocycles. The highest BCUT2D eigenvalue weighted by Gasteiger charge is 2.21. The minimum absolute atomic E-state index is 0.157. The second-order valence-electron chi connectivity index (χ2n) is 4.70. The SMILES string of the molecule is C=C(C)C(=O)n1c(=O)n(C(=C)C)c2ccc([N+](=O)[O-])cc21. The zero-order valence-corrected chi connectivity index (χ0v) is 11.6. The zero-order chi connectivity index (χ0) is 15.9. The highest BCUT2D eigenvalue weighted by molar-refractivity contribution is 6.00. The molecular formula is C14H13N3O4. The Kier molecular flexibility index (Phi) is 3.34. The maximum Gasteiger partial charge on any atom is 0.340 e. The van der Waals surface area contributed by atoms with Crippen molar-refractivity contribution in [1.29, 1.82) is 0 Å². The number of fused-ring (bicyclic) bond motifs is 1. The van der Waals surface area contributed by atoms with E-state index < -0.39 is 16.5 Å². The number of nitro groups is 1. The van der Waals surface area contributed by atoms with Crippen LogP contribution >= 0.6 is 0 Å². The predicted octanol–water partition coefficient (Wildman–Crippen LogP) is 2.42. The summed E-state index contributed by atoms with van der Waals surface area (Å²) < 4.78 is 2.11. The van der Waals surface area contributed by atoms with Crippen LogP contribution in [0.3, 0.4) is 0 Å². The average molecular weight is 287 g/mol. The molecule has 1 aromatic heterocycles. The van der Waals surface area contributed by atoms with Crippen LogP contribution in [0.1, 0.15) is 18.6 Å². The molecule has 0 fully saturated rings. The Morgan fingerprint density at radius 3 is 2.29 bits per heavy atom. The van der Waals surface area contributed by atoms with Gasteiger partial charge in [-0.2, -0.15) is 0 Å². The van der Waals surface area contributed by atoms with Gasteiger partial charge in [-0.25, -0.2) is 9.36 Å². The maximum absolute atomic E-state index is 12.4. The van der Waals surface area contributed by atoms with Crippen molar-refractivity contribution in [1.82, 2.24) is 9.13 Å². The van der Waals surface area contributed by atoms with E-state index in [2.05, 4.69) is 13.2 Å². The molecule has 0 atom stereocenters. The Morgan fingerprint density at radius 2 is 1.81 bits per heavy atom. The quantitative estimate of drug-likeness (QED) is 0.492. The van der Waals surface area contributed by atoms with Crippen molar-refractivity contribution in [2.75, 3.05) is 0 Å². The van der Waals surface area contributed by atoms with Crippen molar-refractivity contribution in [2.45, 2.75) is 13.8 Å². The van der Waals surface area contributed by atoms with Gasteiger partial charge in [0, 0.05) is 23.4 Å². The summed E-state index contributed by atoms with van der Waals surface area (Å²) in [6.45, 7) is 10.3. The van der Waals surface area contributed by atoms with Gasteiger partial charge in [-0.1, -0.05) is 13.2 Å². The number of carbonyl (C=O) groups is 1. The lowest BCUT2D eigenvalue weighted by molar-refractivity contribution is -0.384. The van der Waals surface area contributed by atoms with Crippen LogP contribution in [0.25, 0.3) is 16.7 Å². The van der Waals surface area contributed by atoms with Gasteiger partial charge in [0.25, 0.3) is 11.6 Å². The van der Waals surface area contributed by atoms with E-state index >= 15 is 0 Å². The van der Waals surface area contributed by atoms with Crippen LogP contribution in [0.2, 0.25) is 0 Å². The van der Waals surface area contributed by atoms with Crippen LogP contribution in [-0.2, 0) is 0 Å². The molecule has 0 unspecified atom stereocenters. The summed E-state index contributed by atoms with van der Waals surface area (Å²) in [6.07, 6.45) is 0. The summed E-state index contributed by atoms with van der Waals surface area (Å²) in [4.78, 5) is 34.8. The molecule has 0 aliphatic carbocycles. The Balaban J connectivity index is 2.97. The monoisotopic (exact) mass is 287 g/mol. The molecule has 21 heavy (non-hydrogen) atoms. The number of allylic oxidation sites excluding steroid dienone is 2. The van der Waals surface area contributed by atoms with E-state index in [0.717, 1.165) is 4.57 Å². The molecule has 2 aromatic rings. The molecular weight excluding hydrogens is 274 g/mol. The van der Waals surface area contributed by atoms with Crippen molar-refractivity contribution >= 4 is 28.3 Å². The molecule has 0 bridgehead atoms. The summed E-state index contributed by atoms with van der Waals surface area (Å²) in [6, 6.07) is 3.89. The van der Waals surface area contributed by atoms with E-state index in [9.17, 15) is 19.7 Å². The second-order valence-corrected chi connectivity index (χ2v) is 4.70. The minimum atomic E-state index is -0.619. The minimum Gasteiger partial charge on any atom is -0.269 e. The predicted molar refractivity (Wildman–Crippen MR) is 79.3 cm³/mol. The van der Waals surface area contributed by atoms with E-state index in [4.69, 9.17) is 0 Å². The Labute approximate surface area is 119 Å². The lowest BCUT2D eigenvalue weighted by atomic mass is 10.2. The molecule has 0 amide bonds. The smallest absolute Gasteiger partial charge is 0.269 e. The highest BCUT2D eigenvalue weighted by Crippen LogP contribution is 2.22. The first-order chi connectivity index (χ1) is 9.75. The van der Waals surface area contributed by atoms with E-state index in [-0.39, 0.29) is 16.8 Å². The lowest BCUT2D eigenvalue weighted by Crippen LogP contribution is -2.28. The fourth-order valence-corrected chi connectivity index (χ4v) is 2.06. The van der Waals surface area contributed by atoms with Crippen LogP contribution in [0.4, 0.5) is 5.69 Å². The highest BCUT2D eigenvalue weighted by atomic mass is 16.6. The first-order valence-electron chi connectivity index (χ1n) is 6.03. The van der Waals surface area contributed by atoms with Crippen LogP contribution in [0.15, 0.2) is 41.7 Å². The molecule has 0 spiro atoms. The Bertz CT molecular complexity index is 870. The van der Waals surface area contributed by atoms with Gasteiger partial charge in [0.1, 0.15) is 0 Å². The van der Waals surface area contributed by atoms with Gasteiger partial charge in [-0.05, 0) is 19.9 Å². The number of nitro benzene ring substituents is 1. The summed E-state index contributed by atoms with van der Waals surface area (Å²) in [5, 5.41) is 10.9. The summed E-state index contributed by atoms with van der Waals surface area (Å²) in [5.74, 6) is -0.606. The standard InChI is InChI=1S/C14H13N3O4/c1-8(2)13(18)16-12-7-10(17(20)21)5-6-11(12)15(9(3)4)14(16)19/h5-7H,1,3H2,2,4H3. The molecule has 7 nitrogen and oxygen atoms in total. The van der Waals surface area contributed by atoms with Crippen LogP contribution < -0.4 is 5.69 Å². The van der Waals surface area contributed by atoms with Crippen LogP contribution in [-0.4, -0.2) is 20.0 Å². The fraction of sp³-hybridized carbons (Fsp3) is 0.143. The van der Waals surface area contributed by atoms with Gasteiger partial charge in [0.2, 0.25) is 0 Å². The van der Waals surface area contributed by atoms with Crippen molar-refractivity contribution in [3.63, 3.8) is 0 Å². The number of rotatable bonds is 3. The van der Waals surface area contributed by atoms with Gasteiger partial charge in [0.05, 0.1) is 16.0 Å². The number of hydrogen-bond donors (Lipinski definition) is 0. The first kappa shape index (κ1) is 14.4. The van der Waals surface area contributed by atoms with E-state index in [1.165, 1.54) is 29.7 Å². The lowest BCUT2D eigenvalue weighted by Gasteiger charge is -2.00. The van der Waals surface area contributed by atoms with Crippen molar-refractivity contribution < 1.29 is 9.72 Å². The molecule has 7 heteroatoms. The number of carbonyl (C=O) groups excluding carboxylic acids is 1. The topological polar surface area (TPSA) is 87.1 Å². The number of nitrogens with zero attached hydrogens (tertiary/aromatic N) is 3. The summed E-state index contributed by atoms with van der Waals surface area (Å²) in [5.41, 5.74) is 0.282. The molecule has 0 N–H and O–H groups in total. The molecule has 0 aliphatic rings. The Morgan fingerprint density at radius 1 is 1.19 bits per heavy atom. The number of hydrogen-bond acceptors (Lipinski definition) is 4. The van der Waals surface area contributed by atoms with Gasteiger partial charge < -0.3 is 0 Å². The van der Waals surface area contributed by atoms with Crippen molar-refractivity contribution in [2.24, 2.45) is 0 Å². The van der Waals surface area contributed by atoms with Gasteiger partial charge in [0.15, 0.2) is 0 Å². The number of non-ortho nitro benzene ring substituents is 1. The molecule has 0 saturated carbocycles. The third-order valence-electron chi connectivity index (χ3n) is 2.98. The summed E-state index contributed by atoms with van der Waals surface area (Å²) >= 11 is 0. The molecule has 2 rings (SSSR count). The third-order valence-corrected chi connectivity index (χ3v) is 2.98. The third kappa shape index (κ3) is 2.18. The Hall–Kier alpha value is -2.96. The molecule has 1 aromatic carbocycles. The van der Waals surface area contributed by atoms with Crippen LogP contribution in [0, 0.1) is 10.1 Å². The van der Waals surface area contributed by atoms with Crippen molar-refractivity contribution in [3.8, 4) is 0 Å². The largest absolute Gasteiger partial charge is 0.340 e.